The highest BCUT2D eigenvalue weighted by atomic mass is 32.2. The molecule has 14 heavy (non-hydrogen) atoms. The van der Waals surface area contributed by atoms with Crippen LogP contribution in [0.2, 0.25) is 0 Å². The van der Waals surface area contributed by atoms with Crippen molar-refractivity contribution in [2.75, 3.05) is 13.2 Å². The van der Waals surface area contributed by atoms with E-state index in [1.165, 1.54) is 8.42 Å². The summed E-state index contributed by atoms with van der Waals surface area (Å²) < 4.78 is 3.33. The molecule has 78 valence electrons. The normalized spacial score (nSPS) is 26.1. The van der Waals surface area contributed by atoms with Crippen molar-refractivity contribution in [3.63, 3.8) is 0 Å². The number of aliphatic hydroxyl groups excluding tert-OH is 2. The maximum atomic E-state index is 9.16. The first-order chi connectivity index (χ1) is 6.74. The lowest BCUT2D eigenvalue weighted by molar-refractivity contribution is 0.252. The van der Waals surface area contributed by atoms with E-state index in [9.17, 15) is 0 Å². The zero-order chi connectivity index (χ0) is 10.1. The minimum Gasteiger partial charge on any atom is -0.395 e. The Morgan fingerprint density at radius 3 is 1.79 bits per heavy atom. The first-order valence-corrected chi connectivity index (χ1v) is 7.73. The average Bonchev–Trinajstić information content (AvgIpc) is 2.54. The van der Waals surface area contributed by atoms with E-state index in [0.29, 0.717) is 0 Å². The number of rotatable bonds is 2. The van der Waals surface area contributed by atoms with Crippen molar-refractivity contribution < 1.29 is 10.2 Å². The summed E-state index contributed by atoms with van der Waals surface area (Å²) in [6, 6.07) is 0. The summed E-state index contributed by atoms with van der Waals surface area (Å²) in [6.45, 7) is 0.218. The molecule has 2 nitrogen and oxygen atoms in total. The van der Waals surface area contributed by atoms with Crippen LogP contribution in [0.15, 0.2) is 8.42 Å². The summed E-state index contributed by atoms with van der Waals surface area (Å²) in [4.78, 5) is 0. The Bertz CT molecular complexity index is 338. The first kappa shape index (κ1) is 11.4. The highest BCUT2D eigenvalue weighted by molar-refractivity contribution is 8.09. The van der Waals surface area contributed by atoms with E-state index in [1.54, 1.807) is 46.2 Å². The summed E-state index contributed by atoms with van der Waals surface area (Å²) in [6.07, 6.45) is 0. The van der Waals surface area contributed by atoms with Crippen LogP contribution in [0.3, 0.4) is 0 Å². The molecule has 0 saturated heterocycles. The van der Waals surface area contributed by atoms with Crippen molar-refractivity contribution in [3.05, 3.63) is 3.14 Å². The number of thioether (sulfide) groups is 2. The van der Waals surface area contributed by atoms with Gasteiger partial charge in [-0.1, -0.05) is 12.2 Å². The van der Waals surface area contributed by atoms with Gasteiger partial charge in [-0.05, 0) is 0 Å². The minimum absolute atomic E-state index is 0.0951. The molecule has 1 aromatic heterocycles. The van der Waals surface area contributed by atoms with Crippen molar-refractivity contribution in [1.29, 1.82) is 0 Å². The first-order valence-electron chi connectivity index (χ1n) is 3.93. The van der Waals surface area contributed by atoms with Gasteiger partial charge < -0.3 is 10.2 Å². The lowest BCUT2D eigenvalue weighted by Gasteiger charge is -2.26. The fourth-order valence-corrected chi connectivity index (χ4v) is 7.81. The molecular weight excluding hydrogens is 276 g/mol. The van der Waals surface area contributed by atoms with Crippen LogP contribution in [0.25, 0.3) is 0 Å². The van der Waals surface area contributed by atoms with Gasteiger partial charge >= 0.3 is 0 Å². The molecule has 0 aliphatic carbocycles. The molecule has 1 aromatic rings. The van der Waals surface area contributed by atoms with Gasteiger partial charge in [-0.25, -0.2) is 0 Å². The largest absolute Gasteiger partial charge is 0.395 e. The fourth-order valence-electron chi connectivity index (χ4n) is 1.14. The third-order valence-corrected chi connectivity index (χ3v) is 8.09. The molecule has 1 aliphatic heterocycles. The van der Waals surface area contributed by atoms with Crippen LogP contribution in [-0.2, 0) is 0 Å². The molecule has 2 atom stereocenters. The number of fused-ring (bicyclic) bond motifs is 1. The third-order valence-electron chi connectivity index (χ3n) is 1.81. The Kier molecular flexibility index (Phi) is 3.91. The Morgan fingerprint density at radius 1 is 1.00 bits per heavy atom. The van der Waals surface area contributed by atoms with Gasteiger partial charge in [0.2, 0.25) is 0 Å². The maximum absolute atomic E-state index is 9.16. The third kappa shape index (κ3) is 2.18. The zero-order valence-electron chi connectivity index (χ0n) is 7.00. The Hall–Kier alpha value is 0.890. The van der Waals surface area contributed by atoms with E-state index in [1.807, 2.05) is 0 Å². The summed E-state index contributed by atoms with van der Waals surface area (Å²) in [7, 11) is 0. The molecule has 2 N–H and O–H groups in total. The van der Waals surface area contributed by atoms with Crippen LogP contribution in [0.1, 0.15) is 0 Å². The Balaban J connectivity index is 2.28. The van der Waals surface area contributed by atoms with Crippen LogP contribution < -0.4 is 0 Å². The Morgan fingerprint density at radius 2 is 1.43 bits per heavy atom. The Labute approximate surface area is 103 Å². The van der Waals surface area contributed by atoms with Gasteiger partial charge in [0, 0.05) is 10.5 Å². The van der Waals surface area contributed by atoms with Gasteiger partial charge in [-0.3, -0.25) is 0 Å². The highest BCUT2D eigenvalue weighted by Crippen LogP contribution is 2.50. The highest BCUT2D eigenvalue weighted by Gasteiger charge is 2.30. The predicted octanol–water partition coefficient (Wildman–Crippen LogP) is 2.46. The van der Waals surface area contributed by atoms with E-state index < -0.39 is 0 Å². The number of aliphatic hydroxyl groups is 2. The SMILES string of the molecule is OC[C@H]1Sc2sc(=S)sc2S[C@@H]1CO. The summed E-state index contributed by atoms with van der Waals surface area (Å²) >= 11 is 11.6. The second-order valence-corrected chi connectivity index (χ2v) is 8.95. The van der Waals surface area contributed by atoms with Gasteiger partial charge in [0.1, 0.15) is 3.14 Å². The summed E-state index contributed by atoms with van der Waals surface area (Å²) in [5.41, 5.74) is 0. The van der Waals surface area contributed by atoms with Crippen LogP contribution in [-0.4, -0.2) is 33.9 Å². The second kappa shape index (κ2) is 4.82. The van der Waals surface area contributed by atoms with Gasteiger partial charge in [0.15, 0.2) is 0 Å². The minimum atomic E-state index is 0.0951. The van der Waals surface area contributed by atoms with Crippen molar-refractivity contribution in [2.24, 2.45) is 0 Å². The van der Waals surface area contributed by atoms with Gasteiger partial charge in [-0.2, -0.15) is 0 Å². The average molecular weight is 284 g/mol. The van der Waals surface area contributed by atoms with Crippen LogP contribution in [0.4, 0.5) is 0 Å². The molecule has 7 heteroatoms. The van der Waals surface area contributed by atoms with E-state index in [0.717, 1.165) is 3.14 Å². The molecule has 0 amide bonds. The molecule has 0 unspecified atom stereocenters. The molecule has 1 aliphatic rings. The van der Waals surface area contributed by atoms with Crippen LogP contribution >= 0.6 is 58.4 Å². The molecule has 2 rings (SSSR count). The molecule has 0 bridgehead atoms. The van der Waals surface area contributed by atoms with E-state index >= 15 is 0 Å². The van der Waals surface area contributed by atoms with E-state index in [2.05, 4.69) is 0 Å². The maximum Gasteiger partial charge on any atom is 0.145 e. The van der Waals surface area contributed by atoms with Gasteiger partial charge in [0.05, 0.1) is 21.6 Å². The molecule has 0 fully saturated rings. The summed E-state index contributed by atoms with van der Waals surface area (Å²) in [5, 5.41) is 18.5. The van der Waals surface area contributed by atoms with E-state index in [4.69, 9.17) is 22.4 Å². The molecule has 0 aromatic carbocycles. The molecule has 2 heterocycles. The molecular formula is C7H8O2S5. The van der Waals surface area contributed by atoms with Crippen LogP contribution in [0, 0.1) is 3.14 Å². The van der Waals surface area contributed by atoms with Crippen molar-refractivity contribution >= 4 is 58.4 Å². The number of hydrogen-bond acceptors (Lipinski definition) is 7. The van der Waals surface area contributed by atoms with E-state index in [-0.39, 0.29) is 23.7 Å². The second-order valence-electron chi connectivity index (χ2n) is 2.71. The van der Waals surface area contributed by atoms with Crippen molar-refractivity contribution in [2.45, 2.75) is 18.9 Å². The van der Waals surface area contributed by atoms with Crippen LogP contribution in [0.5, 0.6) is 0 Å². The van der Waals surface area contributed by atoms with Gasteiger partial charge in [0.25, 0.3) is 0 Å². The standard InChI is InChI=1S/C7H8O2S5/c8-1-3-4(2-9)12-6-5(11-3)13-7(10)14-6/h3-4,8-9H,1-2H2/t3-,4-/m1/s1. The lowest BCUT2D eigenvalue weighted by atomic mass is 10.3. The molecule has 0 saturated carbocycles. The summed E-state index contributed by atoms with van der Waals surface area (Å²) in [5.74, 6) is 0. The fraction of sp³-hybridized carbons (Fsp3) is 0.571. The molecule has 0 spiro atoms. The molecule has 0 radical (unpaired) electrons. The van der Waals surface area contributed by atoms with Gasteiger partial charge in [-0.15, -0.1) is 46.2 Å². The predicted molar refractivity (Wildman–Crippen MR) is 66.5 cm³/mol. The lowest BCUT2D eigenvalue weighted by Crippen LogP contribution is -2.28. The quantitative estimate of drug-likeness (QED) is 0.817. The smallest absolute Gasteiger partial charge is 0.145 e. The van der Waals surface area contributed by atoms with Crippen molar-refractivity contribution in [3.8, 4) is 0 Å². The zero-order valence-corrected chi connectivity index (χ0v) is 11.1. The topological polar surface area (TPSA) is 40.5 Å². The monoisotopic (exact) mass is 284 g/mol. The number of hydrogen-bond donors (Lipinski definition) is 2. The van der Waals surface area contributed by atoms with Crippen molar-refractivity contribution in [1.82, 2.24) is 0 Å².